The topological polar surface area (TPSA) is 27.1 Å². The van der Waals surface area contributed by atoms with Crippen molar-refractivity contribution in [3.05, 3.63) is 30.1 Å². The number of benzene rings is 1. The molecular formula is C16H23ClN2O. The highest BCUT2D eigenvalue weighted by molar-refractivity contribution is 6.20. The van der Waals surface area contributed by atoms with Crippen LogP contribution in [0.25, 0.3) is 11.0 Å². The molecule has 0 bridgehead atoms. The lowest BCUT2D eigenvalue weighted by molar-refractivity contribution is 0.142. The molecule has 1 atom stereocenters. The smallest absolute Gasteiger partial charge is 0.127 e. The summed E-state index contributed by atoms with van der Waals surface area (Å²) in [5.74, 6) is 0.943. The number of imidazole rings is 1. The third kappa shape index (κ3) is 3.33. The first kappa shape index (κ1) is 15.3. The largest absolute Gasteiger partial charge is 0.385 e. The van der Waals surface area contributed by atoms with Crippen molar-refractivity contribution in [3.63, 3.8) is 0 Å². The number of methoxy groups -OCH3 is 1. The molecule has 0 aliphatic rings. The maximum absolute atomic E-state index is 6.30. The molecule has 0 radical (unpaired) electrons. The molecular weight excluding hydrogens is 272 g/mol. The SMILES string of the molecule is COCCC(C)(C)Cn1c(C(C)Cl)nc2ccccc21. The van der Waals surface area contributed by atoms with Crippen LogP contribution in [0, 0.1) is 5.41 Å². The number of ether oxygens (including phenoxy) is 1. The first-order valence-corrected chi connectivity index (χ1v) is 7.46. The van der Waals surface area contributed by atoms with E-state index in [-0.39, 0.29) is 10.8 Å². The third-order valence-electron chi connectivity index (χ3n) is 3.61. The lowest BCUT2D eigenvalue weighted by Crippen LogP contribution is -2.23. The van der Waals surface area contributed by atoms with E-state index in [2.05, 4.69) is 29.5 Å². The lowest BCUT2D eigenvalue weighted by atomic mass is 9.89. The van der Waals surface area contributed by atoms with Crippen LogP contribution in [0.3, 0.4) is 0 Å². The van der Waals surface area contributed by atoms with Crippen LogP contribution >= 0.6 is 11.6 Å². The van der Waals surface area contributed by atoms with Gasteiger partial charge in [0.15, 0.2) is 0 Å². The second-order valence-corrected chi connectivity index (χ2v) is 6.72. The zero-order chi connectivity index (χ0) is 14.8. The van der Waals surface area contributed by atoms with Gasteiger partial charge in [0, 0.05) is 20.3 Å². The summed E-state index contributed by atoms with van der Waals surface area (Å²) in [6.45, 7) is 8.14. The fourth-order valence-corrected chi connectivity index (χ4v) is 2.62. The third-order valence-corrected chi connectivity index (χ3v) is 3.80. The first-order chi connectivity index (χ1) is 9.44. The highest BCUT2D eigenvalue weighted by Crippen LogP contribution is 2.30. The molecule has 4 heteroatoms. The van der Waals surface area contributed by atoms with Crippen LogP contribution in [0.1, 0.15) is 38.4 Å². The number of hydrogen-bond donors (Lipinski definition) is 0. The summed E-state index contributed by atoms with van der Waals surface area (Å²) in [5, 5.41) is -0.0966. The van der Waals surface area contributed by atoms with Crippen molar-refractivity contribution in [1.29, 1.82) is 0 Å². The first-order valence-electron chi connectivity index (χ1n) is 7.03. The Morgan fingerprint density at radius 2 is 2.05 bits per heavy atom. The van der Waals surface area contributed by atoms with Crippen LogP contribution in [0.5, 0.6) is 0 Å². The molecule has 1 heterocycles. The van der Waals surface area contributed by atoms with E-state index in [0.717, 1.165) is 36.4 Å². The Balaban J connectivity index is 2.39. The van der Waals surface area contributed by atoms with Gasteiger partial charge in [-0.2, -0.15) is 0 Å². The van der Waals surface area contributed by atoms with Crippen molar-refractivity contribution < 1.29 is 4.74 Å². The molecule has 0 aliphatic carbocycles. The Hall–Kier alpha value is -1.06. The second-order valence-electron chi connectivity index (χ2n) is 6.07. The van der Waals surface area contributed by atoms with Gasteiger partial charge in [-0.3, -0.25) is 0 Å². The molecule has 2 aromatic rings. The van der Waals surface area contributed by atoms with Gasteiger partial charge < -0.3 is 9.30 Å². The molecule has 1 aromatic carbocycles. The molecule has 110 valence electrons. The Morgan fingerprint density at radius 3 is 2.70 bits per heavy atom. The summed E-state index contributed by atoms with van der Waals surface area (Å²) < 4.78 is 7.46. The van der Waals surface area contributed by atoms with Gasteiger partial charge in [0.2, 0.25) is 0 Å². The predicted octanol–water partition coefficient (Wildman–Crippen LogP) is 4.40. The monoisotopic (exact) mass is 294 g/mol. The van der Waals surface area contributed by atoms with Crippen molar-refractivity contribution in [2.45, 2.75) is 39.1 Å². The van der Waals surface area contributed by atoms with Crippen LogP contribution in [0.2, 0.25) is 0 Å². The highest BCUT2D eigenvalue weighted by atomic mass is 35.5. The molecule has 0 aliphatic heterocycles. The van der Waals surface area contributed by atoms with Crippen LogP contribution in [0.4, 0.5) is 0 Å². The Labute approximate surface area is 125 Å². The van der Waals surface area contributed by atoms with Crippen molar-refractivity contribution >= 4 is 22.6 Å². The van der Waals surface area contributed by atoms with Crippen LogP contribution < -0.4 is 0 Å². The lowest BCUT2D eigenvalue weighted by Gasteiger charge is -2.26. The van der Waals surface area contributed by atoms with Crippen molar-refractivity contribution in [3.8, 4) is 0 Å². The highest BCUT2D eigenvalue weighted by Gasteiger charge is 2.23. The molecule has 0 amide bonds. The van der Waals surface area contributed by atoms with Gasteiger partial charge in [-0.25, -0.2) is 4.98 Å². The Morgan fingerprint density at radius 1 is 1.35 bits per heavy atom. The normalized spacial score (nSPS) is 13.8. The zero-order valence-corrected chi connectivity index (χ0v) is 13.4. The van der Waals surface area contributed by atoms with Gasteiger partial charge in [-0.1, -0.05) is 26.0 Å². The maximum Gasteiger partial charge on any atom is 0.127 e. The number of nitrogens with zero attached hydrogens (tertiary/aromatic N) is 2. The molecule has 0 spiro atoms. The standard InChI is InChI=1S/C16H23ClN2O/c1-12(17)15-18-13-7-5-6-8-14(13)19(15)11-16(2,3)9-10-20-4/h5-8,12H,9-11H2,1-4H3. The maximum atomic E-state index is 6.30. The summed E-state index contributed by atoms with van der Waals surface area (Å²) >= 11 is 6.30. The number of fused-ring (bicyclic) bond motifs is 1. The van der Waals surface area contributed by atoms with E-state index in [0.29, 0.717) is 0 Å². The average molecular weight is 295 g/mol. The van der Waals surface area contributed by atoms with Crippen LogP contribution in [-0.4, -0.2) is 23.3 Å². The van der Waals surface area contributed by atoms with Crippen molar-refractivity contribution in [2.24, 2.45) is 5.41 Å². The summed E-state index contributed by atoms with van der Waals surface area (Å²) in [4.78, 5) is 4.68. The van der Waals surface area contributed by atoms with Gasteiger partial charge in [-0.15, -0.1) is 11.6 Å². The molecule has 3 nitrogen and oxygen atoms in total. The number of aromatic nitrogens is 2. The minimum absolute atomic E-state index is 0.0966. The number of halogens is 1. The fourth-order valence-electron chi connectivity index (χ4n) is 2.45. The number of rotatable bonds is 6. The minimum Gasteiger partial charge on any atom is -0.385 e. The molecule has 0 saturated carbocycles. The zero-order valence-electron chi connectivity index (χ0n) is 12.7. The molecule has 2 rings (SSSR count). The molecule has 1 unspecified atom stereocenters. The molecule has 0 saturated heterocycles. The molecule has 20 heavy (non-hydrogen) atoms. The quantitative estimate of drug-likeness (QED) is 0.738. The molecule has 1 aromatic heterocycles. The summed E-state index contributed by atoms with van der Waals surface area (Å²) in [6, 6.07) is 8.21. The summed E-state index contributed by atoms with van der Waals surface area (Å²) in [7, 11) is 1.74. The molecule has 0 N–H and O–H groups in total. The van der Waals surface area contributed by atoms with Crippen molar-refractivity contribution in [2.75, 3.05) is 13.7 Å². The number of para-hydroxylation sites is 2. The van der Waals surface area contributed by atoms with Crippen LogP contribution in [-0.2, 0) is 11.3 Å². The van der Waals surface area contributed by atoms with E-state index >= 15 is 0 Å². The van der Waals surface area contributed by atoms with Crippen molar-refractivity contribution in [1.82, 2.24) is 9.55 Å². The average Bonchev–Trinajstić information content (AvgIpc) is 2.75. The summed E-state index contributed by atoms with van der Waals surface area (Å²) in [5.41, 5.74) is 2.30. The Bertz CT molecular complexity index is 575. The van der Waals surface area contributed by atoms with Gasteiger partial charge >= 0.3 is 0 Å². The van der Waals surface area contributed by atoms with Gasteiger partial charge in [0.1, 0.15) is 5.82 Å². The Kier molecular flexibility index (Phi) is 4.71. The number of hydrogen-bond acceptors (Lipinski definition) is 2. The minimum atomic E-state index is -0.0966. The van der Waals surface area contributed by atoms with Gasteiger partial charge in [0.25, 0.3) is 0 Å². The van der Waals surface area contributed by atoms with E-state index in [9.17, 15) is 0 Å². The van der Waals surface area contributed by atoms with E-state index < -0.39 is 0 Å². The van der Waals surface area contributed by atoms with Gasteiger partial charge in [0.05, 0.1) is 16.4 Å². The van der Waals surface area contributed by atoms with E-state index in [1.165, 1.54) is 0 Å². The predicted molar refractivity (Wildman–Crippen MR) is 84.3 cm³/mol. The van der Waals surface area contributed by atoms with E-state index in [4.69, 9.17) is 16.3 Å². The van der Waals surface area contributed by atoms with Crippen LogP contribution in [0.15, 0.2) is 24.3 Å². The molecule has 0 fully saturated rings. The fraction of sp³-hybridized carbons (Fsp3) is 0.562. The summed E-state index contributed by atoms with van der Waals surface area (Å²) in [6.07, 6.45) is 1.01. The van der Waals surface area contributed by atoms with E-state index in [1.54, 1.807) is 7.11 Å². The second kappa shape index (κ2) is 6.15. The van der Waals surface area contributed by atoms with E-state index in [1.807, 2.05) is 25.1 Å². The number of alkyl halides is 1. The van der Waals surface area contributed by atoms with Gasteiger partial charge in [-0.05, 0) is 30.9 Å².